The Hall–Kier alpha value is -2.86. The molecule has 0 aliphatic carbocycles. The molecule has 4 rings (SSSR count). The van der Waals surface area contributed by atoms with Gasteiger partial charge >= 0.3 is 0 Å². The summed E-state index contributed by atoms with van der Waals surface area (Å²) >= 11 is 0. The number of nitrogens with zero attached hydrogens (tertiary/aromatic N) is 3. The van der Waals surface area contributed by atoms with E-state index in [-0.39, 0.29) is 6.04 Å². The first-order valence-electron chi connectivity index (χ1n) is 7.86. The van der Waals surface area contributed by atoms with E-state index in [0.717, 1.165) is 28.4 Å². The van der Waals surface area contributed by atoms with Gasteiger partial charge in [0.25, 0.3) is 0 Å². The largest absolute Gasteiger partial charge is 0.454 e. The van der Waals surface area contributed by atoms with Crippen molar-refractivity contribution in [3.63, 3.8) is 0 Å². The zero-order chi connectivity index (χ0) is 16.4. The molecule has 1 atom stereocenters. The van der Waals surface area contributed by atoms with E-state index in [4.69, 9.17) is 9.47 Å². The molecule has 1 unspecified atom stereocenters. The fourth-order valence-corrected chi connectivity index (χ4v) is 2.75. The predicted octanol–water partition coefficient (Wildman–Crippen LogP) is 2.85. The quantitative estimate of drug-likeness (QED) is 0.782. The standard InChI is InChI=1S/C18H18N4O2/c1-13(14-4-5-16-17(9-14)24-12-23-16)21-10-15-3-2-6-20-18(15)22-8-7-19-11-22/h2-9,11,13,21H,10,12H2,1H3. The normalized spacial score (nSPS) is 13.9. The van der Waals surface area contributed by atoms with E-state index >= 15 is 0 Å². The molecule has 0 radical (unpaired) electrons. The van der Waals surface area contributed by atoms with Crippen molar-refractivity contribution in [1.29, 1.82) is 0 Å². The number of nitrogens with one attached hydrogen (secondary N) is 1. The van der Waals surface area contributed by atoms with Crippen LogP contribution in [0.1, 0.15) is 24.1 Å². The van der Waals surface area contributed by atoms with Gasteiger partial charge in [-0.2, -0.15) is 0 Å². The van der Waals surface area contributed by atoms with Crippen molar-refractivity contribution in [2.45, 2.75) is 19.5 Å². The van der Waals surface area contributed by atoms with Crippen molar-refractivity contribution in [2.24, 2.45) is 0 Å². The lowest BCUT2D eigenvalue weighted by molar-refractivity contribution is 0.174. The van der Waals surface area contributed by atoms with Crippen molar-refractivity contribution in [1.82, 2.24) is 19.9 Å². The monoisotopic (exact) mass is 322 g/mol. The molecule has 0 fully saturated rings. The van der Waals surface area contributed by atoms with Crippen LogP contribution in [0, 0.1) is 0 Å². The molecule has 0 bridgehead atoms. The van der Waals surface area contributed by atoms with Gasteiger partial charge in [0.2, 0.25) is 6.79 Å². The number of rotatable bonds is 5. The second-order valence-electron chi connectivity index (χ2n) is 5.67. The van der Waals surface area contributed by atoms with Gasteiger partial charge in [-0.1, -0.05) is 12.1 Å². The average molecular weight is 322 g/mol. The number of pyridine rings is 1. The first-order chi connectivity index (χ1) is 11.8. The molecule has 122 valence electrons. The molecule has 1 aliphatic rings. The van der Waals surface area contributed by atoms with Crippen LogP contribution in [-0.4, -0.2) is 21.3 Å². The van der Waals surface area contributed by atoms with Gasteiger partial charge in [0.15, 0.2) is 11.5 Å². The third-order valence-corrected chi connectivity index (χ3v) is 4.11. The molecule has 3 heterocycles. The first kappa shape index (κ1) is 14.7. The molecule has 1 aromatic carbocycles. The van der Waals surface area contributed by atoms with E-state index in [9.17, 15) is 0 Å². The Morgan fingerprint density at radius 2 is 2.12 bits per heavy atom. The average Bonchev–Trinajstić information content (AvgIpc) is 3.30. The van der Waals surface area contributed by atoms with Crippen molar-refractivity contribution < 1.29 is 9.47 Å². The number of imidazole rings is 1. The second-order valence-corrected chi connectivity index (χ2v) is 5.67. The smallest absolute Gasteiger partial charge is 0.231 e. The predicted molar refractivity (Wildman–Crippen MR) is 89.2 cm³/mol. The summed E-state index contributed by atoms with van der Waals surface area (Å²) in [6.45, 7) is 3.13. The molecule has 1 aliphatic heterocycles. The van der Waals surface area contributed by atoms with Crippen LogP contribution >= 0.6 is 0 Å². The minimum absolute atomic E-state index is 0.176. The van der Waals surface area contributed by atoms with Gasteiger partial charge in [-0.25, -0.2) is 9.97 Å². The molecule has 24 heavy (non-hydrogen) atoms. The van der Waals surface area contributed by atoms with Crippen LogP contribution < -0.4 is 14.8 Å². The molecule has 6 heteroatoms. The Kier molecular flexibility index (Phi) is 3.88. The summed E-state index contributed by atoms with van der Waals surface area (Å²) in [5.41, 5.74) is 2.27. The highest BCUT2D eigenvalue weighted by atomic mass is 16.7. The zero-order valence-electron chi connectivity index (χ0n) is 13.3. The maximum Gasteiger partial charge on any atom is 0.231 e. The molecule has 3 aromatic rings. The first-order valence-corrected chi connectivity index (χ1v) is 7.86. The van der Waals surface area contributed by atoms with Crippen LogP contribution in [0.5, 0.6) is 11.5 Å². The molecule has 2 aromatic heterocycles. The van der Waals surface area contributed by atoms with Crippen LogP contribution in [-0.2, 0) is 6.54 Å². The Bertz CT molecular complexity index is 833. The fraction of sp³-hybridized carbons (Fsp3) is 0.222. The maximum atomic E-state index is 5.45. The highest BCUT2D eigenvalue weighted by molar-refractivity contribution is 5.45. The van der Waals surface area contributed by atoms with Crippen molar-refractivity contribution >= 4 is 0 Å². The topological polar surface area (TPSA) is 61.2 Å². The Labute approximate surface area is 140 Å². The molecule has 0 spiro atoms. The van der Waals surface area contributed by atoms with Gasteiger partial charge in [0, 0.05) is 36.7 Å². The van der Waals surface area contributed by atoms with Gasteiger partial charge in [-0.3, -0.25) is 4.57 Å². The van der Waals surface area contributed by atoms with E-state index in [1.807, 2.05) is 29.0 Å². The van der Waals surface area contributed by atoms with E-state index in [0.29, 0.717) is 13.3 Å². The van der Waals surface area contributed by atoms with Crippen molar-refractivity contribution in [3.05, 3.63) is 66.4 Å². The molecular formula is C18H18N4O2. The van der Waals surface area contributed by atoms with Crippen LogP contribution in [0.15, 0.2) is 55.2 Å². The van der Waals surface area contributed by atoms with Crippen molar-refractivity contribution in [2.75, 3.05) is 6.79 Å². The Balaban J connectivity index is 1.49. The van der Waals surface area contributed by atoms with Crippen molar-refractivity contribution in [3.8, 4) is 17.3 Å². The zero-order valence-corrected chi connectivity index (χ0v) is 13.3. The number of ether oxygens (including phenoxy) is 2. The van der Waals surface area contributed by atoms with Crippen LogP contribution in [0.2, 0.25) is 0 Å². The van der Waals surface area contributed by atoms with Gasteiger partial charge in [0.05, 0.1) is 0 Å². The summed E-state index contributed by atoms with van der Waals surface area (Å²) in [6, 6.07) is 10.2. The molecule has 0 amide bonds. The maximum absolute atomic E-state index is 5.45. The van der Waals surface area contributed by atoms with Crippen LogP contribution in [0.4, 0.5) is 0 Å². The summed E-state index contributed by atoms with van der Waals surface area (Å²) in [7, 11) is 0. The number of fused-ring (bicyclic) bond motifs is 1. The van der Waals surface area contributed by atoms with Gasteiger partial charge < -0.3 is 14.8 Å². The fourth-order valence-electron chi connectivity index (χ4n) is 2.75. The van der Waals surface area contributed by atoms with E-state index in [1.54, 1.807) is 18.7 Å². The van der Waals surface area contributed by atoms with Crippen LogP contribution in [0.3, 0.4) is 0 Å². The molecule has 0 saturated heterocycles. The minimum atomic E-state index is 0.176. The Morgan fingerprint density at radius 1 is 1.21 bits per heavy atom. The highest BCUT2D eigenvalue weighted by Gasteiger charge is 2.16. The third kappa shape index (κ3) is 2.83. The summed E-state index contributed by atoms with van der Waals surface area (Å²) < 4.78 is 12.7. The lowest BCUT2D eigenvalue weighted by Crippen LogP contribution is -2.19. The molecular weight excluding hydrogens is 304 g/mol. The summed E-state index contributed by atoms with van der Waals surface area (Å²) in [4.78, 5) is 8.56. The van der Waals surface area contributed by atoms with E-state index in [2.05, 4.69) is 34.3 Å². The number of hydrogen-bond acceptors (Lipinski definition) is 5. The van der Waals surface area contributed by atoms with E-state index in [1.165, 1.54) is 0 Å². The van der Waals surface area contributed by atoms with Gasteiger partial charge in [0.1, 0.15) is 12.1 Å². The number of benzene rings is 1. The van der Waals surface area contributed by atoms with E-state index < -0.39 is 0 Å². The number of aromatic nitrogens is 3. The number of hydrogen-bond donors (Lipinski definition) is 1. The van der Waals surface area contributed by atoms with Crippen LogP contribution in [0.25, 0.3) is 5.82 Å². The highest BCUT2D eigenvalue weighted by Crippen LogP contribution is 2.34. The van der Waals surface area contributed by atoms with Gasteiger partial charge in [-0.05, 0) is 30.7 Å². The minimum Gasteiger partial charge on any atom is -0.454 e. The second kappa shape index (κ2) is 6.33. The van der Waals surface area contributed by atoms with Gasteiger partial charge in [-0.15, -0.1) is 0 Å². The summed E-state index contributed by atoms with van der Waals surface area (Å²) in [5, 5.41) is 3.54. The Morgan fingerprint density at radius 3 is 3.00 bits per heavy atom. The molecule has 1 N–H and O–H groups in total. The lowest BCUT2D eigenvalue weighted by atomic mass is 10.1. The molecule has 0 saturated carbocycles. The SMILES string of the molecule is CC(NCc1cccnc1-n1ccnc1)c1ccc2c(c1)OCO2. The summed E-state index contributed by atoms with van der Waals surface area (Å²) in [5.74, 6) is 2.50. The summed E-state index contributed by atoms with van der Waals surface area (Å²) in [6.07, 6.45) is 7.20. The molecule has 6 nitrogen and oxygen atoms in total. The third-order valence-electron chi connectivity index (χ3n) is 4.11. The lowest BCUT2D eigenvalue weighted by Gasteiger charge is -2.16.